The van der Waals surface area contributed by atoms with Gasteiger partial charge in [-0.15, -0.1) is 0 Å². The van der Waals surface area contributed by atoms with Crippen molar-refractivity contribution in [3.8, 4) is 11.1 Å². The van der Waals surface area contributed by atoms with Crippen molar-refractivity contribution in [2.45, 2.75) is 0 Å². The Bertz CT molecular complexity index is 1080. The van der Waals surface area contributed by atoms with E-state index in [-0.39, 0.29) is 5.70 Å². The van der Waals surface area contributed by atoms with Crippen LogP contribution in [-0.4, -0.2) is 11.9 Å². The van der Waals surface area contributed by atoms with Gasteiger partial charge >= 0.3 is 5.97 Å². The lowest BCUT2D eigenvalue weighted by atomic mass is 10.0. The zero-order valence-corrected chi connectivity index (χ0v) is 16.5. The minimum Gasteiger partial charge on any atom is -0.402 e. The quantitative estimate of drug-likeness (QED) is 0.378. The third-order valence-corrected chi connectivity index (χ3v) is 4.70. The third kappa shape index (κ3) is 4.18. The second-order valence-electron chi connectivity index (χ2n) is 6.22. The van der Waals surface area contributed by atoms with Crippen molar-refractivity contribution in [3.63, 3.8) is 0 Å². The van der Waals surface area contributed by atoms with Gasteiger partial charge in [0.2, 0.25) is 5.90 Å². The van der Waals surface area contributed by atoms with Gasteiger partial charge in [-0.25, -0.2) is 9.79 Å². The second-order valence-corrected chi connectivity index (χ2v) is 7.14. The summed E-state index contributed by atoms with van der Waals surface area (Å²) in [5.41, 5.74) is 4.28. The number of rotatable bonds is 4. The molecule has 1 heterocycles. The van der Waals surface area contributed by atoms with Crippen LogP contribution in [0.3, 0.4) is 0 Å². The van der Waals surface area contributed by atoms with Gasteiger partial charge in [-0.05, 0) is 41.0 Å². The summed E-state index contributed by atoms with van der Waals surface area (Å²) in [6.45, 7) is 0. The molecule has 1 aliphatic rings. The van der Waals surface area contributed by atoms with Crippen molar-refractivity contribution in [1.29, 1.82) is 0 Å². The summed E-state index contributed by atoms with van der Waals surface area (Å²) >= 11 is 3.47. The maximum atomic E-state index is 12.2. The average Bonchev–Trinajstić information content (AvgIpc) is 3.09. The Morgan fingerprint density at radius 2 is 1.36 bits per heavy atom. The highest BCUT2D eigenvalue weighted by atomic mass is 79.9. The molecule has 136 valence electrons. The molecule has 0 fully saturated rings. The number of ether oxygens (including phenoxy) is 1. The van der Waals surface area contributed by atoms with E-state index < -0.39 is 5.97 Å². The van der Waals surface area contributed by atoms with Crippen LogP contribution in [0.25, 0.3) is 17.2 Å². The number of benzene rings is 3. The highest BCUT2D eigenvalue weighted by Gasteiger charge is 2.24. The standard InChI is InChI=1S/C24H16BrNO2/c25-21(15-17-7-3-1-4-8-17)16-22-24(27)28-23(26-22)20-13-11-19(12-14-20)18-9-5-2-6-10-18/h1-16H/b21-15-,22-16-. The van der Waals surface area contributed by atoms with E-state index in [0.29, 0.717) is 5.90 Å². The maximum absolute atomic E-state index is 12.2. The molecule has 0 saturated heterocycles. The van der Waals surface area contributed by atoms with Gasteiger partial charge in [0.05, 0.1) is 0 Å². The molecule has 0 aliphatic carbocycles. The fourth-order valence-corrected chi connectivity index (χ4v) is 3.33. The van der Waals surface area contributed by atoms with Crippen molar-refractivity contribution in [1.82, 2.24) is 0 Å². The van der Waals surface area contributed by atoms with E-state index in [4.69, 9.17) is 4.74 Å². The number of hydrogen-bond donors (Lipinski definition) is 0. The van der Waals surface area contributed by atoms with Crippen LogP contribution in [0.5, 0.6) is 0 Å². The highest BCUT2D eigenvalue weighted by molar-refractivity contribution is 9.12. The highest BCUT2D eigenvalue weighted by Crippen LogP contribution is 2.24. The number of nitrogens with zero attached hydrogens (tertiary/aromatic N) is 1. The second kappa shape index (κ2) is 8.19. The topological polar surface area (TPSA) is 38.7 Å². The van der Waals surface area contributed by atoms with Crippen LogP contribution in [0, 0.1) is 0 Å². The van der Waals surface area contributed by atoms with Crippen molar-refractivity contribution in [2.24, 2.45) is 4.99 Å². The fourth-order valence-electron chi connectivity index (χ4n) is 2.85. The molecule has 3 nitrogen and oxygen atoms in total. The molecule has 0 N–H and O–H groups in total. The van der Waals surface area contributed by atoms with Gasteiger partial charge in [0.15, 0.2) is 5.70 Å². The Balaban J connectivity index is 1.56. The lowest BCUT2D eigenvalue weighted by Crippen LogP contribution is -2.05. The Kier molecular flexibility index (Phi) is 5.31. The van der Waals surface area contributed by atoms with Crippen LogP contribution >= 0.6 is 15.9 Å². The molecule has 1 aliphatic heterocycles. The number of esters is 1. The van der Waals surface area contributed by atoms with Gasteiger partial charge in [-0.2, -0.15) is 0 Å². The zero-order valence-electron chi connectivity index (χ0n) is 14.9. The molecule has 0 saturated carbocycles. The number of carbonyl (C=O) groups is 1. The summed E-state index contributed by atoms with van der Waals surface area (Å²) in [6, 6.07) is 27.7. The summed E-state index contributed by atoms with van der Waals surface area (Å²) in [5.74, 6) is -0.142. The predicted octanol–water partition coefficient (Wildman–Crippen LogP) is 5.98. The summed E-state index contributed by atoms with van der Waals surface area (Å²) < 4.78 is 6.10. The number of aliphatic imine (C=N–C) groups is 1. The summed E-state index contributed by atoms with van der Waals surface area (Å²) in [7, 11) is 0. The number of carbonyl (C=O) groups excluding carboxylic acids is 1. The minimum absolute atomic E-state index is 0.265. The van der Waals surface area contributed by atoms with Gasteiger partial charge in [-0.3, -0.25) is 0 Å². The largest absolute Gasteiger partial charge is 0.402 e. The maximum Gasteiger partial charge on any atom is 0.363 e. The van der Waals surface area contributed by atoms with Gasteiger partial charge in [-0.1, -0.05) is 88.7 Å². The number of halogens is 1. The van der Waals surface area contributed by atoms with Crippen molar-refractivity contribution in [2.75, 3.05) is 0 Å². The van der Waals surface area contributed by atoms with Crippen molar-refractivity contribution < 1.29 is 9.53 Å². The van der Waals surface area contributed by atoms with E-state index in [0.717, 1.165) is 26.7 Å². The first-order valence-corrected chi connectivity index (χ1v) is 9.59. The molecule has 0 amide bonds. The Labute approximate surface area is 171 Å². The van der Waals surface area contributed by atoms with E-state index in [2.05, 4.69) is 33.1 Å². The number of hydrogen-bond acceptors (Lipinski definition) is 3. The molecule has 0 unspecified atom stereocenters. The molecule has 0 atom stereocenters. The molecule has 28 heavy (non-hydrogen) atoms. The lowest BCUT2D eigenvalue weighted by Gasteiger charge is -2.03. The fraction of sp³-hybridized carbons (Fsp3) is 0. The van der Waals surface area contributed by atoms with Crippen LogP contribution in [0.15, 0.2) is 106 Å². The molecule has 4 heteroatoms. The Morgan fingerprint density at radius 1 is 0.786 bits per heavy atom. The van der Waals surface area contributed by atoms with Crippen LogP contribution in [0.4, 0.5) is 0 Å². The SMILES string of the molecule is O=C1OC(c2ccc(-c3ccccc3)cc2)=N/C1=C\C(Br)=C\c1ccccc1. The van der Waals surface area contributed by atoms with Gasteiger partial charge in [0, 0.05) is 10.0 Å². The van der Waals surface area contributed by atoms with E-state index in [1.807, 2.05) is 78.9 Å². The van der Waals surface area contributed by atoms with Crippen LogP contribution in [0.1, 0.15) is 11.1 Å². The summed E-state index contributed by atoms with van der Waals surface area (Å²) in [4.78, 5) is 16.5. The molecule has 0 bridgehead atoms. The van der Waals surface area contributed by atoms with Gasteiger partial charge in [0.1, 0.15) is 0 Å². The molecule has 0 aromatic heterocycles. The minimum atomic E-state index is -0.458. The van der Waals surface area contributed by atoms with Gasteiger partial charge < -0.3 is 4.74 Å². The monoisotopic (exact) mass is 429 g/mol. The molecule has 3 aromatic carbocycles. The first kappa shape index (κ1) is 18.1. The van der Waals surface area contributed by atoms with E-state index in [1.165, 1.54) is 0 Å². The van der Waals surface area contributed by atoms with Crippen LogP contribution in [0.2, 0.25) is 0 Å². The molecular formula is C24H16BrNO2. The molecule has 4 rings (SSSR count). The first-order valence-electron chi connectivity index (χ1n) is 8.80. The van der Waals surface area contributed by atoms with Gasteiger partial charge in [0.25, 0.3) is 0 Å². The van der Waals surface area contributed by atoms with Crippen LogP contribution < -0.4 is 0 Å². The van der Waals surface area contributed by atoms with E-state index in [1.54, 1.807) is 6.08 Å². The van der Waals surface area contributed by atoms with E-state index in [9.17, 15) is 4.79 Å². The normalized spacial score (nSPS) is 15.5. The zero-order chi connectivity index (χ0) is 19.3. The number of allylic oxidation sites excluding steroid dienone is 2. The molecule has 0 radical (unpaired) electrons. The van der Waals surface area contributed by atoms with Crippen molar-refractivity contribution >= 4 is 33.9 Å². The predicted molar refractivity (Wildman–Crippen MR) is 116 cm³/mol. The lowest BCUT2D eigenvalue weighted by molar-refractivity contribution is -0.130. The molecule has 0 spiro atoms. The average molecular weight is 430 g/mol. The van der Waals surface area contributed by atoms with Crippen molar-refractivity contribution in [3.05, 3.63) is 112 Å². The van der Waals surface area contributed by atoms with Crippen LogP contribution in [-0.2, 0) is 9.53 Å². The Hall–Kier alpha value is -3.24. The Morgan fingerprint density at radius 3 is 2.04 bits per heavy atom. The van der Waals surface area contributed by atoms with E-state index >= 15 is 0 Å². The third-order valence-electron chi connectivity index (χ3n) is 4.24. The summed E-state index contributed by atoms with van der Waals surface area (Å²) in [5, 5.41) is 0. The first-order chi connectivity index (χ1) is 13.7. The smallest absolute Gasteiger partial charge is 0.363 e. The molecule has 3 aromatic rings. The molecular weight excluding hydrogens is 414 g/mol. The summed E-state index contributed by atoms with van der Waals surface area (Å²) in [6.07, 6.45) is 3.59. The number of cyclic esters (lactones) is 1.